The van der Waals surface area contributed by atoms with Gasteiger partial charge in [-0.05, 0) is 0 Å². The number of hydrogen-bond donors (Lipinski definition) is 0. The van der Waals surface area contributed by atoms with Crippen molar-refractivity contribution in [3.8, 4) is 0 Å². The van der Waals surface area contributed by atoms with E-state index >= 15 is 0 Å². The fourth-order valence-electron chi connectivity index (χ4n) is 5.03. The Balaban J connectivity index is 1.23. The third-order valence-electron chi connectivity index (χ3n) is 6.86. The highest BCUT2D eigenvalue weighted by atomic mass is 15.5. The lowest BCUT2D eigenvalue weighted by Crippen LogP contribution is -2.68. The van der Waals surface area contributed by atoms with E-state index in [1.54, 1.807) is 0 Å². The minimum Gasteiger partial charge on any atom is -0.320 e. The molecule has 0 aromatic carbocycles. The summed E-state index contributed by atoms with van der Waals surface area (Å²) >= 11 is 0. The van der Waals surface area contributed by atoms with Gasteiger partial charge in [-0.1, -0.05) is 0 Å². The van der Waals surface area contributed by atoms with Gasteiger partial charge in [-0.15, -0.1) is 0 Å². The van der Waals surface area contributed by atoms with Crippen molar-refractivity contribution in [1.82, 2.24) is 9.80 Å². The summed E-state index contributed by atoms with van der Waals surface area (Å²) in [6.45, 7) is 19.8. The minimum absolute atomic E-state index is 1.37. The van der Waals surface area contributed by atoms with Gasteiger partial charge >= 0.3 is 0 Å². The molecular formula is C16H32N4+2. The van der Waals surface area contributed by atoms with E-state index in [9.17, 15) is 0 Å². The Labute approximate surface area is 124 Å². The first-order valence-electron chi connectivity index (χ1n) is 8.93. The smallest absolute Gasteiger partial charge is 0.0916 e. The third kappa shape index (κ3) is 2.52. The quantitative estimate of drug-likeness (QED) is 0.519. The van der Waals surface area contributed by atoms with Crippen LogP contribution < -0.4 is 0 Å². The van der Waals surface area contributed by atoms with Crippen LogP contribution in [0.4, 0.5) is 0 Å². The molecule has 6 rings (SSSR count). The molecule has 0 spiro atoms. The van der Waals surface area contributed by atoms with E-state index in [4.69, 9.17) is 0 Å². The number of fused-ring (bicyclic) bond motifs is 6. The summed E-state index contributed by atoms with van der Waals surface area (Å²) in [7, 11) is 0. The summed E-state index contributed by atoms with van der Waals surface area (Å²) in [5, 5.41) is 0. The topological polar surface area (TPSA) is 6.48 Å². The second-order valence-electron chi connectivity index (χ2n) is 7.86. The van der Waals surface area contributed by atoms with Crippen molar-refractivity contribution in [1.29, 1.82) is 0 Å². The van der Waals surface area contributed by atoms with E-state index in [-0.39, 0.29) is 0 Å². The van der Waals surface area contributed by atoms with Crippen molar-refractivity contribution in [3.63, 3.8) is 0 Å². The fourth-order valence-corrected chi connectivity index (χ4v) is 5.03. The predicted molar refractivity (Wildman–Crippen MR) is 81.6 cm³/mol. The van der Waals surface area contributed by atoms with Crippen molar-refractivity contribution < 1.29 is 8.97 Å². The average molecular weight is 280 g/mol. The molecule has 4 heteroatoms. The Kier molecular flexibility index (Phi) is 3.53. The van der Waals surface area contributed by atoms with E-state index in [1.807, 2.05) is 0 Å². The SMILES string of the molecule is C(CC[N+]12CCN(CC1)CC2)C[N+]12CCN(CC1)CC2. The molecule has 0 radical (unpaired) electrons. The molecule has 0 aromatic heterocycles. The second kappa shape index (κ2) is 5.24. The molecule has 20 heavy (non-hydrogen) atoms. The zero-order valence-electron chi connectivity index (χ0n) is 13.1. The molecule has 0 N–H and O–H groups in total. The number of hydrogen-bond acceptors (Lipinski definition) is 2. The largest absolute Gasteiger partial charge is 0.320 e. The molecule has 0 unspecified atom stereocenters. The van der Waals surface area contributed by atoms with E-state index in [1.165, 1.54) is 113 Å². The summed E-state index contributed by atoms with van der Waals surface area (Å²) in [6.07, 6.45) is 2.95. The standard InChI is InChI=1S/C16H32N4/c1(9-19-11-3-17(4-12-19)5-13-19)2-10-20-14-6-18(7-15-20)8-16-20/h1-16H2/q+2. The van der Waals surface area contributed by atoms with Gasteiger partial charge in [0.1, 0.15) is 0 Å². The summed E-state index contributed by atoms with van der Waals surface area (Å²) in [6, 6.07) is 0. The van der Waals surface area contributed by atoms with Gasteiger partial charge in [0.25, 0.3) is 0 Å². The monoisotopic (exact) mass is 280 g/mol. The number of rotatable bonds is 5. The molecule has 4 nitrogen and oxygen atoms in total. The second-order valence-corrected chi connectivity index (χ2v) is 7.86. The van der Waals surface area contributed by atoms with Gasteiger partial charge in [-0.25, -0.2) is 0 Å². The zero-order chi connectivity index (χ0) is 13.5. The molecule has 0 saturated carbocycles. The number of piperazine rings is 6. The summed E-state index contributed by atoms with van der Waals surface area (Å²) in [5.41, 5.74) is 0. The van der Waals surface area contributed by atoms with Crippen molar-refractivity contribution in [2.75, 3.05) is 91.6 Å². The lowest BCUT2D eigenvalue weighted by Gasteiger charge is -2.51. The molecule has 6 aliphatic rings. The van der Waals surface area contributed by atoms with E-state index in [2.05, 4.69) is 9.80 Å². The van der Waals surface area contributed by atoms with E-state index < -0.39 is 0 Å². The molecule has 6 aliphatic heterocycles. The van der Waals surface area contributed by atoms with E-state index in [0.29, 0.717) is 0 Å². The molecule has 114 valence electrons. The molecule has 0 aromatic rings. The van der Waals surface area contributed by atoms with Crippen LogP contribution >= 0.6 is 0 Å². The van der Waals surface area contributed by atoms with E-state index in [0.717, 1.165) is 0 Å². The number of nitrogens with zero attached hydrogens (tertiary/aromatic N) is 4. The minimum atomic E-state index is 1.37. The first-order chi connectivity index (χ1) is 9.78. The maximum absolute atomic E-state index is 2.66. The normalized spacial score (nSPS) is 46.8. The van der Waals surface area contributed by atoms with Gasteiger partial charge in [0.2, 0.25) is 0 Å². The highest BCUT2D eigenvalue weighted by Crippen LogP contribution is 2.23. The summed E-state index contributed by atoms with van der Waals surface area (Å²) in [5.74, 6) is 0. The molecule has 0 amide bonds. The van der Waals surface area contributed by atoms with Gasteiger partial charge in [-0.2, -0.15) is 0 Å². The van der Waals surface area contributed by atoms with Crippen LogP contribution in [0.25, 0.3) is 0 Å². The Bertz CT molecular complexity index is 279. The molecule has 6 heterocycles. The highest BCUT2D eigenvalue weighted by Gasteiger charge is 2.39. The van der Waals surface area contributed by atoms with Gasteiger partial charge in [0.15, 0.2) is 0 Å². The Morgan fingerprint density at radius 3 is 1.10 bits per heavy atom. The Hall–Kier alpha value is -0.160. The number of quaternary nitrogens is 2. The van der Waals surface area contributed by atoms with Crippen LogP contribution in [0, 0.1) is 0 Å². The van der Waals surface area contributed by atoms with Gasteiger partial charge in [0.05, 0.1) is 52.4 Å². The van der Waals surface area contributed by atoms with Crippen LogP contribution in [0.15, 0.2) is 0 Å². The number of unbranched alkanes of at least 4 members (excludes halogenated alkanes) is 1. The van der Waals surface area contributed by atoms with Gasteiger partial charge in [-0.3, -0.25) is 9.80 Å². The summed E-state index contributed by atoms with van der Waals surface area (Å²) in [4.78, 5) is 5.32. The van der Waals surface area contributed by atoms with Crippen molar-refractivity contribution in [2.24, 2.45) is 0 Å². The fraction of sp³-hybridized carbons (Fsp3) is 1.00. The van der Waals surface area contributed by atoms with Crippen molar-refractivity contribution >= 4 is 0 Å². The molecule has 6 saturated heterocycles. The molecule has 0 atom stereocenters. The molecule has 4 bridgehead atoms. The van der Waals surface area contributed by atoms with Gasteiger partial charge in [0, 0.05) is 52.1 Å². The van der Waals surface area contributed by atoms with Crippen LogP contribution in [0.5, 0.6) is 0 Å². The Morgan fingerprint density at radius 2 is 0.800 bits per heavy atom. The maximum Gasteiger partial charge on any atom is 0.0916 e. The van der Waals surface area contributed by atoms with Gasteiger partial charge < -0.3 is 8.97 Å². The molecule has 0 aliphatic carbocycles. The third-order valence-corrected chi connectivity index (χ3v) is 6.86. The van der Waals surface area contributed by atoms with Crippen LogP contribution in [0.1, 0.15) is 12.8 Å². The lowest BCUT2D eigenvalue weighted by molar-refractivity contribution is -0.946. The van der Waals surface area contributed by atoms with Crippen LogP contribution in [0.3, 0.4) is 0 Å². The highest BCUT2D eigenvalue weighted by molar-refractivity contribution is 4.72. The van der Waals surface area contributed by atoms with Crippen LogP contribution in [-0.4, -0.2) is 110 Å². The van der Waals surface area contributed by atoms with Crippen LogP contribution in [-0.2, 0) is 0 Å². The predicted octanol–water partition coefficient (Wildman–Crippen LogP) is 0.0586. The molecule has 6 fully saturated rings. The first kappa shape index (κ1) is 13.5. The average Bonchev–Trinajstić information content (AvgIpc) is 2.55. The summed E-state index contributed by atoms with van der Waals surface area (Å²) < 4.78 is 2.93. The molecular weight excluding hydrogens is 248 g/mol. The first-order valence-corrected chi connectivity index (χ1v) is 8.93. The Morgan fingerprint density at radius 1 is 0.500 bits per heavy atom. The lowest BCUT2D eigenvalue weighted by atomic mass is 10.1. The zero-order valence-corrected chi connectivity index (χ0v) is 13.1. The van der Waals surface area contributed by atoms with Crippen LogP contribution in [0.2, 0.25) is 0 Å². The maximum atomic E-state index is 2.66. The van der Waals surface area contributed by atoms with Crippen molar-refractivity contribution in [3.05, 3.63) is 0 Å². The van der Waals surface area contributed by atoms with Crippen molar-refractivity contribution in [2.45, 2.75) is 12.8 Å².